The molecule has 5 heteroatoms. The Morgan fingerprint density at radius 1 is 1.18 bits per heavy atom. The fourth-order valence-corrected chi connectivity index (χ4v) is 3.20. The van der Waals surface area contributed by atoms with Crippen LogP contribution in [-0.2, 0) is 4.74 Å². The lowest BCUT2D eigenvalue weighted by molar-refractivity contribution is 0.0579. The van der Waals surface area contributed by atoms with E-state index in [2.05, 4.69) is 24.1 Å². The maximum absolute atomic E-state index is 5.90. The molecule has 0 aromatic rings. The summed E-state index contributed by atoms with van der Waals surface area (Å²) in [6.07, 6.45) is 9.36. The molecule has 4 nitrogen and oxygen atoms in total. The molecule has 0 amide bonds. The Kier molecular flexibility index (Phi) is 10.4. The molecule has 2 rings (SSSR count). The first-order chi connectivity index (χ1) is 10.3. The summed E-state index contributed by atoms with van der Waals surface area (Å²) in [6, 6.07) is 0. The van der Waals surface area contributed by atoms with Crippen molar-refractivity contribution in [2.24, 2.45) is 10.9 Å². The summed E-state index contributed by atoms with van der Waals surface area (Å²) in [5.74, 6) is 1.97. The van der Waals surface area contributed by atoms with Crippen LogP contribution in [0.3, 0.4) is 0 Å². The zero-order valence-electron chi connectivity index (χ0n) is 14.4. The number of rotatable bonds is 6. The van der Waals surface area contributed by atoms with Crippen molar-refractivity contribution in [2.45, 2.75) is 64.9 Å². The smallest absolute Gasteiger partial charge is 0.193 e. The van der Waals surface area contributed by atoms with Crippen molar-refractivity contribution in [2.75, 3.05) is 32.8 Å². The number of ether oxygens (including phenoxy) is 1. The highest BCUT2D eigenvalue weighted by molar-refractivity contribution is 14.0. The molecule has 0 radical (unpaired) electrons. The number of nitrogens with one attached hydrogen (secondary N) is 1. The molecule has 0 aromatic heterocycles. The molecule has 2 fully saturated rings. The number of piperidine rings is 1. The molecular weight excluding hydrogens is 389 g/mol. The van der Waals surface area contributed by atoms with Crippen molar-refractivity contribution in [3.8, 4) is 0 Å². The fourth-order valence-electron chi connectivity index (χ4n) is 3.20. The first-order valence-corrected chi connectivity index (χ1v) is 8.94. The lowest BCUT2D eigenvalue weighted by Crippen LogP contribution is -2.45. The lowest BCUT2D eigenvalue weighted by atomic mass is 10.00. The normalized spacial score (nSPS) is 21.0. The van der Waals surface area contributed by atoms with E-state index < -0.39 is 0 Å². The van der Waals surface area contributed by atoms with Gasteiger partial charge in [-0.2, -0.15) is 0 Å². The molecule has 0 aromatic carbocycles. The Morgan fingerprint density at radius 2 is 1.86 bits per heavy atom. The van der Waals surface area contributed by atoms with Gasteiger partial charge in [0.2, 0.25) is 0 Å². The van der Waals surface area contributed by atoms with Crippen molar-refractivity contribution in [1.82, 2.24) is 10.2 Å². The van der Waals surface area contributed by atoms with Crippen LogP contribution < -0.4 is 5.32 Å². The number of hydrogen-bond donors (Lipinski definition) is 1. The van der Waals surface area contributed by atoms with Crippen LogP contribution in [0.5, 0.6) is 0 Å². The van der Waals surface area contributed by atoms with Gasteiger partial charge in [0.05, 0.1) is 6.10 Å². The number of guanidine groups is 1. The topological polar surface area (TPSA) is 36.9 Å². The molecule has 0 spiro atoms. The molecule has 22 heavy (non-hydrogen) atoms. The average molecular weight is 423 g/mol. The second kappa shape index (κ2) is 11.5. The van der Waals surface area contributed by atoms with E-state index in [9.17, 15) is 0 Å². The average Bonchev–Trinajstić information content (AvgIpc) is 3.00. The van der Waals surface area contributed by atoms with Gasteiger partial charge < -0.3 is 15.0 Å². The summed E-state index contributed by atoms with van der Waals surface area (Å²) in [4.78, 5) is 7.20. The molecule has 0 unspecified atom stereocenters. The molecule has 1 saturated carbocycles. The number of hydrogen-bond acceptors (Lipinski definition) is 2. The fraction of sp³-hybridized carbons (Fsp3) is 0.941. The highest BCUT2D eigenvalue weighted by Crippen LogP contribution is 2.20. The van der Waals surface area contributed by atoms with Crippen LogP contribution in [0.25, 0.3) is 0 Å². The minimum absolute atomic E-state index is 0. The van der Waals surface area contributed by atoms with Crippen LogP contribution >= 0.6 is 24.0 Å². The summed E-state index contributed by atoms with van der Waals surface area (Å²) in [5, 5.41) is 3.43. The largest absolute Gasteiger partial charge is 0.378 e. The van der Waals surface area contributed by atoms with E-state index >= 15 is 0 Å². The van der Waals surface area contributed by atoms with Gasteiger partial charge in [-0.3, -0.25) is 4.99 Å². The second-order valence-electron chi connectivity index (χ2n) is 6.54. The molecule has 0 bridgehead atoms. The molecule has 1 N–H and O–H groups in total. The van der Waals surface area contributed by atoms with Gasteiger partial charge in [-0.1, -0.05) is 19.8 Å². The third kappa shape index (κ3) is 7.02. The van der Waals surface area contributed by atoms with Gasteiger partial charge in [-0.15, -0.1) is 24.0 Å². The number of nitrogens with zero attached hydrogens (tertiary/aromatic N) is 2. The number of aliphatic imine (C=N–C) groups is 1. The van der Waals surface area contributed by atoms with Crippen LogP contribution in [-0.4, -0.2) is 49.7 Å². The summed E-state index contributed by atoms with van der Waals surface area (Å²) >= 11 is 0. The van der Waals surface area contributed by atoms with Gasteiger partial charge >= 0.3 is 0 Å². The van der Waals surface area contributed by atoms with E-state index in [1.165, 1.54) is 38.5 Å². The van der Waals surface area contributed by atoms with Crippen LogP contribution in [0, 0.1) is 5.92 Å². The van der Waals surface area contributed by atoms with Gasteiger partial charge in [0, 0.05) is 32.8 Å². The number of likely N-dealkylation sites (tertiary alicyclic amines) is 1. The van der Waals surface area contributed by atoms with E-state index in [0.717, 1.165) is 51.1 Å². The molecule has 130 valence electrons. The molecule has 1 saturated heterocycles. The minimum atomic E-state index is 0. The third-order valence-electron chi connectivity index (χ3n) is 4.64. The lowest BCUT2D eigenvalue weighted by Gasteiger charge is -2.33. The molecule has 0 atom stereocenters. The Balaban J connectivity index is 0.00000242. The van der Waals surface area contributed by atoms with Crippen molar-refractivity contribution in [3.05, 3.63) is 0 Å². The standard InChI is InChI=1S/C17H33N3O.HI/c1-3-18-17(20-12-9-15(2)10-13-20)19-11-6-14-21-16-7-4-5-8-16;/h15-16H,3-14H2,1-2H3,(H,18,19);1H. The summed E-state index contributed by atoms with van der Waals surface area (Å²) in [5.41, 5.74) is 0. The summed E-state index contributed by atoms with van der Waals surface area (Å²) < 4.78 is 5.90. The quantitative estimate of drug-likeness (QED) is 0.307. The molecule has 2 aliphatic rings. The Labute approximate surface area is 153 Å². The monoisotopic (exact) mass is 423 g/mol. The second-order valence-corrected chi connectivity index (χ2v) is 6.54. The predicted octanol–water partition coefficient (Wildman–Crippen LogP) is 3.65. The van der Waals surface area contributed by atoms with Gasteiger partial charge in [0.1, 0.15) is 0 Å². The molecular formula is C17H34IN3O. The van der Waals surface area contributed by atoms with Crippen molar-refractivity contribution in [3.63, 3.8) is 0 Å². The highest BCUT2D eigenvalue weighted by Gasteiger charge is 2.18. The predicted molar refractivity (Wildman–Crippen MR) is 104 cm³/mol. The SMILES string of the molecule is CCNC(=NCCCOC1CCCC1)N1CCC(C)CC1.I. The van der Waals surface area contributed by atoms with Crippen molar-refractivity contribution < 1.29 is 4.74 Å². The summed E-state index contributed by atoms with van der Waals surface area (Å²) in [7, 11) is 0. The highest BCUT2D eigenvalue weighted by atomic mass is 127. The van der Waals surface area contributed by atoms with Gasteiger partial charge in [0.15, 0.2) is 5.96 Å². The van der Waals surface area contributed by atoms with E-state index in [0.29, 0.717) is 6.10 Å². The van der Waals surface area contributed by atoms with Gasteiger partial charge in [-0.05, 0) is 44.9 Å². The van der Waals surface area contributed by atoms with E-state index in [4.69, 9.17) is 9.73 Å². The summed E-state index contributed by atoms with van der Waals surface area (Å²) in [6.45, 7) is 9.47. The Morgan fingerprint density at radius 3 is 2.50 bits per heavy atom. The van der Waals surface area contributed by atoms with Crippen LogP contribution in [0.1, 0.15) is 58.8 Å². The molecule has 1 aliphatic heterocycles. The van der Waals surface area contributed by atoms with Gasteiger partial charge in [0.25, 0.3) is 0 Å². The number of halogens is 1. The zero-order chi connectivity index (χ0) is 14.9. The zero-order valence-corrected chi connectivity index (χ0v) is 16.7. The Bertz CT molecular complexity index is 311. The third-order valence-corrected chi connectivity index (χ3v) is 4.64. The van der Waals surface area contributed by atoms with Crippen LogP contribution in [0.2, 0.25) is 0 Å². The first kappa shape index (κ1) is 20.0. The van der Waals surface area contributed by atoms with E-state index in [-0.39, 0.29) is 24.0 Å². The molecule has 1 aliphatic carbocycles. The van der Waals surface area contributed by atoms with E-state index in [1.807, 2.05) is 0 Å². The molecule has 1 heterocycles. The Hall–Kier alpha value is -0.0400. The maximum Gasteiger partial charge on any atom is 0.193 e. The van der Waals surface area contributed by atoms with E-state index in [1.54, 1.807) is 0 Å². The van der Waals surface area contributed by atoms with Gasteiger partial charge in [-0.25, -0.2) is 0 Å². The van der Waals surface area contributed by atoms with Crippen LogP contribution in [0.15, 0.2) is 4.99 Å². The van der Waals surface area contributed by atoms with Crippen molar-refractivity contribution >= 4 is 29.9 Å². The minimum Gasteiger partial charge on any atom is -0.378 e. The van der Waals surface area contributed by atoms with Crippen LogP contribution in [0.4, 0.5) is 0 Å². The maximum atomic E-state index is 5.90. The first-order valence-electron chi connectivity index (χ1n) is 8.94. The van der Waals surface area contributed by atoms with Crippen molar-refractivity contribution in [1.29, 1.82) is 0 Å².